The van der Waals surface area contributed by atoms with E-state index < -0.39 is 0 Å². The van der Waals surface area contributed by atoms with E-state index >= 15 is 0 Å². The van der Waals surface area contributed by atoms with Crippen LogP contribution in [0.15, 0.2) is 0 Å². The van der Waals surface area contributed by atoms with E-state index in [0.29, 0.717) is 30.8 Å². The molecule has 0 saturated carbocycles. The molecule has 0 radical (unpaired) electrons. The van der Waals surface area contributed by atoms with Crippen LogP contribution in [0.25, 0.3) is 0 Å². The number of aliphatic hydroxyl groups is 1. The first kappa shape index (κ1) is 16.4. The monoisotopic (exact) mass is 272 g/mol. The van der Waals surface area contributed by atoms with Gasteiger partial charge in [0.1, 0.15) is 0 Å². The fourth-order valence-corrected chi connectivity index (χ4v) is 2.64. The summed E-state index contributed by atoms with van der Waals surface area (Å²) < 4.78 is 4.75. The number of nitrogens with one attached hydrogen (secondary N) is 1. The summed E-state index contributed by atoms with van der Waals surface area (Å²) in [6.07, 6.45) is 1.47. The maximum absolute atomic E-state index is 11.4. The minimum Gasteiger partial charge on any atom is -0.469 e. The Labute approximate surface area is 116 Å². The molecular weight excluding hydrogens is 244 g/mol. The quantitative estimate of drug-likeness (QED) is 0.660. The molecule has 1 heterocycles. The van der Waals surface area contributed by atoms with Crippen molar-refractivity contribution in [1.82, 2.24) is 10.2 Å². The molecule has 2 N–H and O–H groups in total. The lowest BCUT2D eigenvalue weighted by Crippen LogP contribution is -2.51. The molecule has 1 rings (SSSR count). The number of methoxy groups -OCH3 is 1. The van der Waals surface area contributed by atoms with Crippen LogP contribution in [0.5, 0.6) is 0 Å². The van der Waals surface area contributed by atoms with Gasteiger partial charge in [0.25, 0.3) is 0 Å². The van der Waals surface area contributed by atoms with Gasteiger partial charge in [0, 0.05) is 32.1 Å². The molecule has 0 aromatic heterocycles. The highest BCUT2D eigenvalue weighted by Crippen LogP contribution is 2.20. The largest absolute Gasteiger partial charge is 0.469 e. The summed E-state index contributed by atoms with van der Waals surface area (Å²) in [4.78, 5) is 13.6. The molecule has 19 heavy (non-hydrogen) atoms. The van der Waals surface area contributed by atoms with Crippen molar-refractivity contribution in [2.45, 2.75) is 32.7 Å². The molecule has 1 aliphatic rings. The van der Waals surface area contributed by atoms with Crippen LogP contribution < -0.4 is 5.32 Å². The number of carbonyl (C=O) groups is 1. The van der Waals surface area contributed by atoms with E-state index in [0.717, 1.165) is 26.1 Å². The number of rotatable bonds is 7. The van der Waals surface area contributed by atoms with Gasteiger partial charge in [0.2, 0.25) is 0 Å². The molecule has 0 aliphatic carbocycles. The van der Waals surface area contributed by atoms with Crippen molar-refractivity contribution < 1.29 is 14.6 Å². The molecule has 0 amide bonds. The summed E-state index contributed by atoms with van der Waals surface area (Å²) in [6.45, 7) is 8.03. The van der Waals surface area contributed by atoms with Crippen LogP contribution in [0.1, 0.15) is 26.7 Å². The highest BCUT2D eigenvalue weighted by molar-refractivity contribution is 5.69. The zero-order valence-electron chi connectivity index (χ0n) is 12.4. The Morgan fingerprint density at radius 1 is 1.47 bits per heavy atom. The van der Waals surface area contributed by atoms with Gasteiger partial charge in [-0.15, -0.1) is 0 Å². The lowest BCUT2D eigenvalue weighted by atomic mass is 9.91. The summed E-state index contributed by atoms with van der Waals surface area (Å²) in [5.41, 5.74) is 0. The number of hydrogen-bond donors (Lipinski definition) is 2. The van der Waals surface area contributed by atoms with Gasteiger partial charge in [-0.1, -0.05) is 13.8 Å². The fourth-order valence-electron chi connectivity index (χ4n) is 2.64. The Kier molecular flexibility index (Phi) is 7.34. The second-order valence-electron chi connectivity index (χ2n) is 5.86. The van der Waals surface area contributed by atoms with E-state index in [4.69, 9.17) is 9.84 Å². The molecule has 0 bridgehead atoms. The molecule has 112 valence electrons. The zero-order chi connectivity index (χ0) is 14.3. The van der Waals surface area contributed by atoms with Crippen molar-refractivity contribution in [1.29, 1.82) is 0 Å². The van der Waals surface area contributed by atoms with Gasteiger partial charge in [-0.25, -0.2) is 0 Å². The third kappa shape index (κ3) is 6.36. The topological polar surface area (TPSA) is 61.8 Å². The van der Waals surface area contributed by atoms with E-state index in [1.165, 1.54) is 7.11 Å². The molecule has 5 heteroatoms. The average molecular weight is 272 g/mol. The molecule has 0 aromatic carbocycles. The third-order valence-electron chi connectivity index (χ3n) is 3.53. The van der Waals surface area contributed by atoms with Crippen molar-refractivity contribution in [2.75, 3.05) is 39.9 Å². The molecule has 0 aromatic rings. The third-order valence-corrected chi connectivity index (χ3v) is 3.53. The zero-order valence-corrected chi connectivity index (χ0v) is 12.4. The van der Waals surface area contributed by atoms with Gasteiger partial charge in [0.15, 0.2) is 0 Å². The first-order valence-corrected chi connectivity index (χ1v) is 7.18. The van der Waals surface area contributed by atoms with Crippen molar-refractivity contribution in [3.05, 3.63) is 0 Å². The van der Waals surface area contributed by atoms with Gasteiger partial charge in [-0.05, 0) is 24.8 Å². The maximum atomic E-state index is 11.4. The smallest absolute Gasteiger partial charge is 0.305 e. The molecular formula is C14H28N2O3. The maximum Gasteiger partial charge on any atom is 0.305 e. The van der Waals surface area contributed by atoms with Gasteiger partial charge >= 0.3 is 5.97 Å². The number of ether oxygens (including phenoxy) is 1. The molecule has 1 aliphatic heterocycles. The number of carbonyl (C=O) groups excluding carboxylic acids is 1. The molecule has 0 spiro atoms. The number of likely N-dealkylation sites (tertiary alicyclic amines) is 1. The van der Waals surface area contributed by atoms with Crippen molar-refractivity contribution in [2.24, 2.45) is 11.8 Å². The first-order valence-electron chi connectivity index (χ1n) is 7.18. The predicted octanol–water partition coefficient (Wildman–Crippen LogP) is 0.478. The lowest BCUT2D eigenvalue weighted by Gasteiger charge is -2.38. The Morgan fingerprint density at radius 3 is 2.79 bits per heavy atom. The summed E-state index contributed by atoms with van der Waals surface area (Å²) >= 11 is 0. The Balaban J connectivity index is 2.49. The van der Waals surface area contributed by atoms with Gasteiger partial charge < -0.3 is 15.2 Å². The van der Waals surface area contributed by atoms with Crippen molar-refractivity contribution >= 4 is 5.97 Å². The summed E-state index contributed by atoms with van der Waals surface area (Å²) in [5, 5.41) is 12.6. The fraction of sp³-hybridized carbons (Fsp3) is 0.929. The van der Waals surface area contributed by atoms with Crippen LogP contribution in [0, 0.1) is 11.8 Å². The Hall–Kier alpha value is -0.650. The second kappa shape index (κ2) is 8.51. The molecule has 5 nitrogen and oxygen atoms in total. The van der Waals surface area contributed by atoms with E-state index in [1.807, 2.05) is 0 Å². The Bertz CT molecular complexity index is 271. The van der Waals surface area contributed by atoms with Crippen LogP contribution in [0.3, 0.4) is 0 Å². The van der Waals surface area contributed by atoms with Crippen LogP contribution in [0.2, 0.25) is 0 Å². The Morgan fingerprint density at radius 2 is 2.21 bits per heavy atom. The first-order chi connectivity index (χ1) is 9.05. The van der Waals surface area contributed by atoms with Crippen molar-refractivity contribution in [3.8, 4) is 0 Å². The summed E-state index contributed by atoms with van der Waals surface area (Å²) in [7, 11) is 1.44. The van der Waals surface area contributed by atoms with E-state index in [9.17, 15) is 4.79 Å². The number of esters is 1. The van der Waals surface area contributed by atoms with Crippen molar-refractivity contribution in [3.63, 3.8) is 0 Å². The molecule has 2 atom stereocenters. The lowest BCUT2D eigenvalue weighted by molar-refractivity contribution is -0.142. The van der Waals surface area contributed by atoms with E-state index in [2.05, 4.69) is 24.1 Å². The highest BCUT2D eigenvalue weighted by Gasteiger charge is 2.28. The molecule has 1 fully saturated rings. The molecule has 1 saturated heterocycles. The van der Waals surface area contributed by atoms with Crippen LogP contribution in [-0.2, 0) is 9.53 Å². The highest BCUT2D eigenvalue weighted by atomic mass is 16.5. The SMILES string of the molecule is COC(=O)CC1CC(NCC(C)C)CN(CCO)C1. The van der Waals surface area contributed by atoms with Crippen LogP contribution >= 0.6 is 0 Å². The normalized spacial score (nSPS) is 24.7. The number of nitrogens with zero attached hydrogens (tertiary/aromatic N) is 1. The van der Waals surface area contributed by atoms with Gasteiger partial charge in [0.05, 0.1) is 13.7 Å². The number of hydrogen-bond acceptors (Lipinski definition) is 5. The summed E-state index contributed by atoms with van der Waals surface area (Å²) in [6, 6.07) is 0.400. The van der Waals surface area contributed by atoms with Crippen LogP contribution in [-0.4, -0.2) is 61.9 Å². The van der Waals surface area contributed by atoms with E-state index in [-0.39, 0.29) is 12.6 Å². The minimum atomic E-state index is -0.140. The van der Waals surface area contributed by atoms with E-state index in [1.54, 1.807) is 0 Å². The van der Waals surface area contributed by atoms with Gasteiger partial charge in [-0.2, -0.15) is 0 Å². The molecule has 2 unspecified atom stereocenters. The predicted molar refractivity (Wildman–Crippen MR) is 74.9 cm³/mol. The number of aliphatic hydroxyl groups excluding tert-OH is 1. The number of piperidine rings is 1. The van der Waals surface area contributed by atoms with Gasteiger partial charge in [-0.3, -0.25) is 9.69 Å². The summed E-state index contributed by atoms with van der Waals surface area (Å²) in [5.74, 6) is 0.795. The second-order valence-corrected chi connectivity index (χ2v) is 5.86. The number of β-amino-alcohol motifs (C(OH)–C–C–N with tert-alkyl or cyclic N) is 1. The van der Waals surface area contributed by atoms with Crippen LogP contribution in [0.4, 0.5) is 0 Å². The average Bonchev–Trinajstić information content (AvgIpc) is 2.36. The standard InChI is InChI=1S/C14H28N2O3/c1-11(2)8-15-13-6-12(7-14(18)19-3)9-16(10-13)4-5-17/h11-13,15,17H,4-10H2,1-3H3. The minimum absolute atomic E-state index is 0.140.